The van der Waals surface area contributed by atoms with Crippen LogP contribution >= 0.6 is 21.0 Å². The number of hydrogen-bond acceptors (Lipinski definition) is 8. The number of rotatable bonds is 12. The number of aryl methyl sites for hydroxylation is 1. The summed E-state index contributed by atoms with van der Waals surface area (Å²) in [7, 11) is 4.68. The third-order valence-electron chi connectivity index (χ3n) is 9.82. The van der Waals surface area contributed by atoms with Gasteiger partial charge in [-0.2, -0.15) is 17.0 Å². The molecule has 0 aliphatic carbocycles. The number of benzene rings is 2. The van der Waals surface area contributed by atoms with Crippen LogP contribution in [0.25, 0.3) is 11.0 Å². The van der Waals surface area contributed by atoms with Gasteiger partial charge in [-0.3, -0.25) is 9.69 Å². The number of aliphatic hydroxyl groups excluding tert-OH is 1. The van der Waals surface area contributed by atoms with E-state index in [1.54, 1.807) is 24.3 Å². The molecule has 9 nitrogen and oxygen atoms in total. The lowest BCUT2D eigenvalue weighted by atomic mass is 9.93. The summed E-state index contributed by atoms with van der Waals surface area (Å²) in [5, 5.41) is 21.4. The lowest BCUT2D eigenvalue weighted by Gasteiger charge is -2.31. The zero-order chi connectivity index (χ0) is 38.4. The molecular weight excluding hydrogens is 707 g/mol. The molecule has 4 aromatic rings. The van der Waals surface area contributed by atoms with Crippen LogP contribution in [0.2, 0.25) is 0 Å². The van der Waals surface area contributed by atoms with E-state index >= 15 is 0 Å². The first-order chi connectivity index (χ1) is 25.5. The summed E-state index contributed by atoms with van der Waals surface area (Å²) in [4.78, 5) is 25.0. The molecule has 2 unspecified atom stereocenters. The van der Waals surface area contributed by atoms with Gasteiger partial charge in [0.25, 0.3) is 5.91 Å². The fraction of sp³-hybridized carbons (Fsp3) is 0.512. The first kappa shape index (κ1) is 42.2. The molecule has 0 bridgehead atoms. The summed E-state index contributed by atoms with van der Waals surface area (Å²) in [6.45, 7) is 10.9. The van der Waals surface area contributed by atoms with Crippen molar-refractivity contribution in [3.05, 3.63) is 88.6 Å². The predicted octanol–water partition coefficient (Wildman–Crippen LogP) is 7.86. The van der Waals surface area contributed by atoms with Crippen molar-refractivity contribution in [1.82, 2.24) is 24.8 Å². The van der Waals surface area contributed by atoms with Gasteiger partial charge in [0, 0.05) is 48.0 Å². The molecule has 2 atom stereocenters. The number of carbonyl (C=O) groups excluding carboxylic acids is 1. The second-order valence-electron chi connectivity index (χ2n) is 14.4. The Morgan fingerprint density at radius 3 is 2.45 bits per heavy atom. The zero-order valence-electron chi connectivity index (χ0n) is 31.9. The summed E-state index contributed by atoms with van der Waals surface area (Å²) < 4.78 is 22.1. The monoisotopic (exact) mass is 762 g/mol. The van der Waals surface area contributed by atoms with Crippen molar-refractivity contribution in [3.63, 3.8) is 0 Å². The van der Waals surface area contributed by atoms with Gasteiger partial charge in [-0.05, 0) is 112 Å². The quantitative estimate of drug-likeness (QED) is 0.140. The molecule has 2 N–H and O–H groups in total. The Morgan fingerprint density at radius 2 is 1.87 bits per heavy atom. The number of ether oxygens (including phenoxy) is 1. The van der Waals surface area contributed by atoms with Crippen LogP contribution in [0.3, 0.4) is 0 Å². The van der Waals surface area contributed by atoms with Crippen molar-refractivity contribution >= 4 is 37.9 Å². The maximum absolute atomic E-state index is 14.2. The fourth-order valence-electron chi connectivity index (χ4n) is 5.80. The van der Waals surface area contributed by atoms with Crippen molar-refractivity contribution < 1.29 is 19.0 Å². The molecule has 2 aromatic heterocycles. The molecule has 0 spiro atoms. The summed E-state index contributed by atoms with van der Waals surface area (Å²) in [6.07, 6.45) is 5.80. The number of aliphatic hydroxyl groups is 1. The number of likely N-dealkylation sites (tertiary alicyclic amines) is 1. The second kappa shape index (κ2) is 20.8. The van der Waals surface area contributed by atoms with Crippen LogP contribution in [-0.4, -0.2) is 73.4 Å². The molecule has 2 fully saturated rings. The number of pyridine rings is 1. The maximum Gasteiger partial charge on any atom is 0.251 e. The Kier molecular flexibility index (Phi) is 16.5. The fourth-order valence-corrected chi connectivity index (χ4v) is 6.09. The minimum absolute atomic E-state index is 0.0205. The lowest BCUT2D eigenvalue weighted by molar-refractivity contribution is 0.0886. The van der Waals surface area contributed by atoms with Gasteiger partial charge in [-0.15, -0.1) is 9.24 Å². The normalized spacial score (nSPS) is 15.6. The molecule has 0 radical (unpaired) electrons. The highest BCUT2D eigenvalue weighted by Crippen LogP contribution is 2.29. The molecule has 53 heavy (non-hydrogen) atoms. The number of thioether (sulfide) groups is 1. The first-order valence-corrected chi connectivity index (χ1v) is 20.6. The van der Waals surface area contributed by atoms with Gasteiger partial charge in [0.05, 0.1) is 29.2 Å². The number of nitriles is 1. The van der Waals surface area contributed by atoms with Crippen molar-refractivity contribution in [2.24, 2.45) is 13.0 Å². The molecule has 2 aliphatic rings. The first-order valence-electron chi connectivity index (χ1n) is 18.7. The SMILES string of the molecule is C1CSC1.CC(C)CP.CCC(C)(CCO)NC(=O)c1ccc2nc(CN3CCC(c4cccc(OCc5ccc(C#N)cc5F)n4)CC3)n(C)c2c1. The van der Waals surface area contributed by atoms with E-state index < -0.39 is 11.4 Å². The molecule has 12 heteroatoms. The highest BCUT2D eigenvalue weighted by atomic mass is 32.2. The van der Waals surface area contributed by atoms with Gasteiger partial charge >= 0.3 is 0 Å². The average molecular weight is 763 g/mol. The molecule has 286 valence electrons. The number of nitrogens with zero attached hydrogens (tertiary/aromatic N) is 5. The number of imidazole rings is 1. The molecule has 0 saturated carbocycles. The third kappa shape index (κ3) is 12.5. The molecule has 2 saturated heterocycles. The molecule has 2 aromatic carbocycles. The number of hydrogen-bond donors (Lipinski definition) is 2. The van der Waals surface area contributed by atoms with Gasteiger partial charge in [-0.1, -0.05) is 32.9 Å². The minimum Gasteiger partial charge on any atom is -0.473 e. The van der Waals surface area contributed by atoms with Crippen LogP contribution in [0.4, 0.5) is 4.39 Å². The van der Waals surface area contributed by atoms with E-state index in [4.69, 9.17) is 20.0 Å². The summed E-state index contributed by atoms with van der Waals surface area (Å²) >= 11 is 2.04. The number of nitrogens with one attached hydrogen (secondary N) is 1. The Bertz CT molecular complexity index is 1820. The van der Waals surface area contributed by atoms with Crippen molar-refractivity contribution in [2.75, 3.05) is 37.4 Å². The van der Waals surface area contributed by atoms with Gasteiger partial charge < -0.3 is 19.7 Å². The van der Waals surface area contributed by atoms with E-state index in [9.17, 15) is 14.3 Å². The topological polar surface area (TPSA) is 116 Å². The third-order valence-corrected chi connectivity index (χ3v) is 11.9. The van der Waals surface area contributed by atoms with Crippen molar-refractivity contribution in [1.29, 1.82) is 5.26 Å². The number of fused-ring (bicyclic) bond motifs is 1. The Balaban J connectivity index is 0.000000616. The van der Waals surface area contributed by atoms with Gasteiger partial charge in [0.1, 0.15) is 18.2 Å². The van der Waals surface area contributed by atoms with Gasteiger partial charge in [-0.25, -0.2) is 14.4 Å². The number of piperidine rings is 1. The van der Waals surface area contributed by atoms with Crippen molar-refractivity contribution in [2.45, 2.75) is 84.4 Å². The molecule has 4 heterocycles. The number of carbonyl (C=O) groups is 1. The zero-order valence-corrected chi connectivity index (χ0v) is 33.9. The molecule has 6 rings (SSSR count). The Labute approximate surface area is 321 Å². The van der Waals surface area contributed by atoms with Crippen LogP contribution in [0, 0.1) is 23.1 Å². The van der Waals surface area contributed by atoms with Gasteiger partial charge in [0.15, 0.2) is 0 Å². The lowest BCUT2D eigenvalue weighted by Crippen LogP contribution is -2.46. The molecule has 1 amide bonds. The molecule has 2 aliphatic heterocycles. The van der Waals surface area contributed by atoms with E-state index in [1.807, 2.05) is 63.0 Å². The Hall–Kier alpha value is -3.55. The van der Waals surface area contributed by atoms with E-state index in [1.165, 1.54) is 30.2 Å². The number of aromatic nitrogens is 3. The van der Waals surface area contributed by atoms with E-state index in [0.717, 1.165) is 60.8 Å². The molecular formula is C41H56FN6O3PS. The van der Waals surface area contributed by atoms with Crippen LogP contribution in [0.5, 0.6) is 5.88 Å². The van der Waals surface area contributed by atoms with Gasteiger partial charge in [0.2, 0.25) is 5.88 Å². The van der Waals surface area contributed by atoms with E-state index in [0.29, 0.717) is 35.9 Å². The summed E-state index contributed by atoms with van der Waals surface area (Å²) in [5.41, 5.74) is 3.50. The summed E-state index contributed by atoms with van der Waals surface area (Å²) in [5.74, 6) is 4.75. The Morgan fingerprint density at radius 1 is 1.17 bits per heavy atom. The number of amides is 1. The second-order valence-corrected chi connectivity index (χ2v) is 16.1. The minimum atomic E-state index is -0.465. The smallest absolute Gasteiger partial charge is 0.251 e. The highest BCUT2D eigenvalue weighted by molar-refractivity contribution is 8.00. The largest absolute Gasteiger partial charge is 0.473 e. The van der Waals surface area contributed by atoms with Crippen LogP contribution in [-0.2, 0) is 20.2 Å². The maximum atomic E-state index is 14.2. The van der Waals surface area contributed by atoms with Crippen LogP contribution in [0.15, 0.2) is 54.6 Å². The summed E-state index contributed by atoms with van der Waals surface area (Å²) in [6, 6.07) is 17.6. The van der Waals surface area contributed by atoms with E-state index in [-0.39, 0.29) is 24.7 Å². The van der Waals surface area contributed by atoms with Crippen molar-refractivity contribution in [3.8, 4) is 11.9 Å². The van der Waals surface area contributed by atoms with Crippen LogP contribution in [0.1, 0.15) is 98.7 Å². The van der Waals surface area contributed by atoms with Crippen LogP contribution < -0.4 is 10.1 Å². The average Bonchev–Trinajstić information content (AvgIpc) is 3.44. The van der Waals surface area contributed by atoms with E-state index in [2.05, 4.69) is 37.9 Å². The highest BCUT2D eigenvalue weighted by Gasteiger charge is 2.26. The standard InChI is InChI=1S/C34H39FN6O3.C4H11P.C3H6S/c1-4-34(2,14-17-42)39-33(43)25-10-11-29-30(19-25)40(3)31(37-29)21-41-15-12-24(13-16-41)28-6-5-7-32(38-28)44-22-26-9-8-23(20-36)18-27(26)35;1-4(2)3-5;1-2-4-3-1/h5-11,18-19,24,42H,4,12-17,21-22H2,1-3H3,(H,39,43);4H,3,5H2,1-2H3;1-3H2. The predicted molar refractivity (Wildman–Crippen MR) is 217 cm³/mol. The number of halogens is 1.